The Labute approximate surface area is 355 Å². The van der Waals surface area contributed by atoms with Crippen LogP contribution < -0.4 is 0 Å². The summed E-state index contributed by atoms with van der Waals surface area (Å²) in [6.07, 6.45) is 2.45. The lowest BCUT2D eigenvalue weighted by molar-refractivity contribution is 0.660. The van der Waals surface area contributed by atoms with E-state index in [1.807, 2.05) is 0 Å². The Morgan fingerprint density at radius 2 is 0.902 bits per heavy atom. The number of fused-ring (bicyclic) bond motifs is 11. The number of aliphatic imine (C=N–C) groups is 1. The number of benzene rings is 10. The van der Waals surface area contributed by atoms with Crippen LogP contribution in [-0.2, 0) is 11.0 Å². The molecule has 1 unspecified atom stereocenters. The maximum absolute atomic E-state index is 5.98. The highest BCUT2D eigenvalue weighted by Gasteiger charge is 2.52. The topological polar surface area (TPSA) is 12.4 Å². The molecule has 3 aliphatic rings. The van der Waals surface area contributed by atoms with E-state index in [4.69, 9.17) is 4.99 Å². The molecule has 0 saturated carbocycles. The summed E-state index contributed by atoms with van der Waals surface area (Å²) in [6, 6.07) is 70.3. The van der Waals surface area contributed by atoms with Gasteiger partial charge >= 0.3 is 0 Å². The van der Waals surface area contributed by atoms with E-state index >= 15 is 0 Å². The second-order valence-electron chi connectivity index (χ2n) is 17.9. The van der Waals surface area contributed by atoms with Gasteiger partial charge in [-0.25, -0.2) is 0 Å². The molecule has 0 fully saturated rings. The van der Waals surface area contributed by atoms with Gasteiger partial charge in [-0.2, -0.15) is 0 Å². The minimum Gasteiger partial charge on any atom is -0.264 e. The first-order valence-corrected chi connectivity index (χ1v) is 21.5. The van der Waals surface area contributed by atoms with E-state index in [1.165, 1.54) is 115 Å². The summed E-state index contributed by atoms with van der Waals surface area (Å²) in [4.78, 5) is 5.98. The third-order valence-electron chi connectivity index (χ3n) is 14.2. The van der Waals surface area contributed by atoms with E-state index in [-0.39, 0.29) is 5.41 Å². The maximum atomic E-state index is 5.98. The third kappa shape index (κ3) is 4.92. The average Bonchev–Trinajstić information content (AvgIpc) is 4.00. The van der Waals surface area contributed by atoms with Crippen molar-refractivity contribution in [3.05, 3.63) is 233 Å². The van der Waals surface area contributed by atoms with Crippen LogP contribution in [-0.4, -0.2) is 5.71 Å². The van der Waals surface area contributed by atoms with Gasteiger partial charge in [-0.3, -0.25) is 4.99 Å². The van der Waals surface area contributed by atoms with E-state index < -0.39 is 5.54 Å². The average molecular weight is 776 g/mol. The number of hydrogen-bond donors (Lipinski definition) is 0. The van der Waals surface area contributed by atoms with Crippen LogP contribution in [0.4, 0.5) is 0 Å². The molecule has 0 aromatic heterocycles. The fourth-order valence-electron chi connectivity index (χ4n) is 11.0. The van der Waals surface area contributed by atoms with Crippen LogP contribution in [0.15, 0.2) is 210 Å². The standard InChI is InChI=1S/C60H41N/c1-36-57(44-26-24-39-22-20-37-12-6-8-16-46(37)50(39)31-44)56-35-60(56,61-58(36)45-27-25-40-23-21-38-13-7-9-17-47(38)51(40)32-45)55-33-42-15-5-4-14-41(42)30-52(55)43-28-29-49-48-18-10-11-19-53(48)59(2,3)54(49)34-43/h4-35H,1-3H3. The van der Waals surface area contributed by atoms with Crippen molar-refractivity contribution in [2.24, 2.45) is 4.99 Å². The molecule has 0 amide bonds. The SMILES string of the molecule is CC1=C(c2ccc3ccc4ccccc4c3c2)C2=CC2(c2cc3ccccc3cc2-c2ccc3c(c2)C(C)(C)c2ccccc2-3)N=C1c1ccc2ccc3ccccc3c2c1. The van der Waals surface area contributed by atoms with Crippen molar-refractivity contribution in [3.8, 4) is 22.3 Å². The highest BCUT2D eigenvalue weighted by Crippen LogP contribution is 2.61. The van der Waals surface area contributed by atoms with Gasteiger partial charge in [-0.15, -0.1) is 0 Å². The van der Waals surface area contributed by atoms with Crippen molar-refractivity contribution in [2.45, 2.75) is 31.7 Å². The van der Waals surface area contributed by atoms with Crippen molar-refractivity contribution >= 4 is 65.1 Å². The zero-order chi connectivity index (χ0) is 40.6. The van der Waals surface area contributed by atoms with Crippen LogP contribution in [0.3, 0.4) is 0 Å². The minimum atomic E-state index is -0.636. The maximum Gasteiger partial charge on any atom is 0.131 e. The highest BCUT2D eigenvalue weighted by atomic mass is 14.9. The van der Waals surface area contributed by atoms with E-state index in [0.29, 0.717) is 0 Å². The van der Waals surface area contributed by atoms with Gasteiger partial charge in [-0.1, -0.05) is 172 Å². The van der Waals surface area contributed by atoms with Crippen LogP contribution in [0, 0.1) is 0 Å². The second-order valence-corrected chi connectivity index (χ2v) is 17.9. The number of nitrogens with zero attached hydrogens (tertiary/aromatic N) is 1. The molecule has 1 atom stereocenters. The van der Waals surface area contributed by atoms with Crippen molar-refractivity contribution < 1.29 is 0 Å². The van der Waals surface area contributed by atoms with Gasteiger partial charge in [-0.05, 0) is 158 Å². The molecule has 0 bridgehead atoms. The largest absolute Gasteiger partial charge is 0.264 e. The summed E-state index contributed by atoms with van der Waals surface area (Å²) in [7, 11) is 0. The molecule has 0 N–H and O–H groups in total. The van der Waals surface area contributed by atoms with Crippen LogP contribution in [0.5, 0.6) is 0 Å². The van der Waals surface area contributed by atoms with E-state index in [9.17, 15) is 0 Å². The molecule has 1 aliphatic heterocycles. The fraction of sp³-hybridized carbons (Fsp3) is 0.0833. The molecule has 286 valence electrons. The van der Waals surface area contributed by atoms with Crippen molar-refractivity contribution in [1.29, 1.82) is 0 Å². The Morgan fingerprint density at radius 1 is 0.377 bits per heavy atom. The fourth-order valence-corrected chi connectivity index (χ4v) is 11.0. The molecular weight excluding hydrogens is 735 g/mol. The molecule has 10 aromatic rings. The lowest BCUT2D eigenvalue weighted by Crippen LogP contribution is -2.21. The van der Waals surface area contributed by atoms with Crippen LogP contribution in [0.2, 0.25) is 0 Å². The first-order valence-electron chi connectivity index (χ1n) is 21.5. The Balaban J connectivity index is 1.06. The smallest absolute Gasteiger partial charge is 0.131 e. The molecule has 1 heterocycles. The van der Waals surface area contributed by atoms with Crippen molar-refractivity contribution in [1.82, 2.24) is 0 Å². The van der Waals surface area contributed by atoms with Gasteiger partial charge < -0.3 is 0 Å². The second kappa shape index (κ2) is 12.3. The molecule has 1 nitrogen and oxygen atoms in total. The molecule has 1 heteroatoms. The van der Waals surface area contributed by atoms with Gasteiger partial charge in [0.15, 0.2) is 0 Å². The van der Waals surface area contributed by atoms with Crippen molar-refractivity contribution in [2.75, 3.05) is 0 Å². The van der Waals surface area contributed by atoms with Gasteiger partial charge in [0, 0.05) is 11.0 Å². The summed E-state index contributed by atoms with van der Waals surface area (Å²) in [5, 5.41) is 12.5. The Bertz CT molecular complexity index is 3690. The number of hydrogen-bond acceptors (Lipinski definition) is 1. The van der Waals surface area contributed by atoms with Gasteiger partial charge in [0.1, 0.15) is 5.54 Å². The number of rotatable bonds is 4. The monoisotopic (exact) mass is 775 g/mol. The van der Waals surface area contributed by atoms with Crippen LogP contribution in [0.1, 0.15) is 48.6 Å². The van der Waals surface area contributed by atoms with Gasteiger partial charge in [0.25, 0.3) is 0 Å². The van der Waals surface area contributed by atoms with E-state index in [2.05, 4.69) is 215 Å². The third-order valence-corrected chi connectivity index (χ3v) is 14.2. The molecule has 0 radical (unpaired) electrons. The summed E-state index contributed by atoms with van der Waals surface area (Å²) in [6.45, 7) is 7.04. The Morgan fingerprint density at radius 3 is 1.61 bits per heavy atom. The summed E-state index contributed by atoms with van der Waals surface area (Å²) < 4.78 is 0. The van der Waals surface area contributed by atoms with Crippen LogP contribution >= 0.6 is 0 Å². The lowest BCUT2D eigenvalue weighted by Gasteiger charge is -2.29. The summed E-state index contributed by atoms with van der Waals surface area (Å²) in [5.41, 5.74) is 15.6. The number of dihydropyridines is 1. The molecule has 0 spiro atoms. The molecule has 61 heavy (non-hydrogen) atoms. The number of allylic oxidation sites excluding steroid dienone is 1. The Hall–Kier alpha value is -7.35. The first-order chi connectivity index (χ1) is 29.9. The van der Waals surface area contributed by atoms with Crippen LogP contribution in [0.25, 0.3) is 81.7 Å². The molecule has 0 saturated heterocycles. The lowest BCUT2D eigenvalue weighted by atomic mass is 9.79. The predicted octanol–water partition coefficient (Wildman–Crippen LogP) is 15.5. The van der Waals surface area contributed by atoms with Gasteiger partial charge in [0.2, 0.25) is 0 Å². The highest BCUT2D eigenvalue weighted by molar-refractivity contribution is 6.24. The quantitative estimate of drug-likeness (QED) is 0.158. The zero-order valence-electron chi connectivity index (χ0n) is 34.4. The Kier molecular flexibility index (Phi) is 6.99. The molecular formula is C60H41N. The normalized spacial score (nSPS) is 17.4. The van der Waals surface area contributed by atoms with Gasteiger partial charge in [0.05, 0.1) is 5.71 Å². The van der Waals surface area contributed by atoms with E-state index in [0.717, 1.165) is 11.3 Å². The van der Waals surface area contributed by atoms with E-state index in [1.54, 1.807) is 0 Å². The van der Waals surface area contributed by atoms with Crippen molar-refractivity contribution in [3.63, 3.8) is 0 Å². The molecule has 2 aliphatic carbocycles. The predicted molar refractivity (Wildman–Crippen MR) is 259 cm³/mol. The minimum absolute atomic E-state index is 0.107. The zero-order valence-corrected chi connectivity index (χ0v) is 34.4. The summed E-state index contributed by atoms with van der Waals surface area (Å²) in [5.74, 6) is 0. The molecule has 13 rings (SSSR count). The molecule has 10 aromatic carbocycles. The summed E-state index contributed by atoms with van der Waals surface area (Å²) >= 11 is 0. The first kappa shape index (κ1) is 34.5.